The normalized spacial score (nSPS) is 17.8. The largest absolute Gasteiger partial charge is 0.292 e. The third kappa shape index (κ3) is 1.20. The highest BCUT2D eigenvalue weighted by atomic mass is 32.1. The lowest BCUT2D eigenvalue weighted by atomic mass is 9.81. The molecule has 1 aromatic heterocycles. The molecule has 0 aliphatic heterocycles. The Hall–Kier alpha value is -0.700. The predicted octanol–water partition coefficient (Wildman–Crippen LogP) is 2.13. The van der Waals surface area contributed by atoms with E-state index in [1.807, 2.05) is 11.4 Å². The molecule has 0 atom stereocenters. The van der Waals surface area contributed by atoms with Crippen molar-refractivity contribution in [1.29, 1.82) is 0 Å². The molecule has 0 amide bonds. The maximum atomic E-state index is 11.4. The van der Waals surface area contributed by atoms with Crippen LogP contribution in [0.4, 0.5) is 0 Å². The van der Waals surface area contributed by atoms with Gasteiger partial charge in [-0.3, -0.25) is 4.79 Å². The monoisotopic (exact) mass is 167 g/mol. The van der Waals surface area contributed by atoms with Crippen molar-refractivity contribution < 1.29 is 4.79 Å². The van der Waals surface area contributed by atoms with E-state index in [0.717, 1.165) is 12.8 Å². The van der Waals surface area contributed by atoms with Crippen LogP contribution in [0.1, 0.15) is 29.8 Å². The Morgan fingerprint density at radius 1 is 1.64 bits per heavy atom. The number of hydrogen-bond donors (Lipinski definition) is 0. The van der Waals surface area contributed by atoms with Crippen LogP contribution < -0.4 is 0 Å². The van der Waals surface area contributed by atoms with Gasteiger partial charge in [-0.15, -0.1) is 0 Å². The fourth-order valence-electron chi connectivity index (χ4n) is 1.22. The van der Waals surface area contributed by atoms with Crippen LogP contribution in [-0.4, -0.2) is 10.2 Å². The summed E-state index contributed by atoms with van der Waals surface area (Å²) in [6, 6.07) is 1.81. The van der Waals surface area contributed by atoms with Crippen LogP contribution in [0, 0.1) is 5.92 Å². The Labute approximate surface area is 69.4 Å². The van der Waals surface area contributed by atoms with Crippen LogP contribution in [0.2, 0.25) is 0 Å². The first-order chi connectivity index (χ1) is 5.38. The molecule has 0 bridgehead atoms. The molecule has 1 aliphatic rings. The molecule has 1 fully saturated rings. The number of Topliss-reactive ketones (excluding diaryl/α,β-unsaturated/α-hetero) is 1. The molecule has 0 saturated heterocycles. The number of carbonyl (C=O) groups is 1. The predicted molar refractivity (Wildman–Crippen MR) is 43.8 cm³/mol. The zero-order valence-electron chi connectivity index (χ0n) is 6.12. The van der Waals surface area contributed by atoms with E-state index in [1.54, 1.807) is 0 Å². The highest BCUT2D eigenvalue weighted by molar-refractivity contribution is 7.03. The molecule has 0 spiro atoms. The average Bonchev–Trinajstić information content (AvgIpc) is 2.32. The van der Waals surface area contributed by atoms with Crippen molar-refractivity contribution in [3.8, 4) is 0 Å². The summed E-state index contributed by atoms with van der Waals surface area (Å²) in [7, 11) is 0. The Bertz CT molecular complexity index is 251. The summed E-state index contributed by atoms with van der Waals surface area (Å²) in [4.78, 5) is 11.4. The minimum Gasteiger partial charge on any atom is -0.292 e. The lowest BCUT2D eigenvalue weighted by Crippen LogP contribution is -2.21. The molecular formula is C8H9NOS. The highest BCUT2D eigenvalue weighted by Crippen LogP contribution is 2.29. The number of aromatic nitrogens is 1. The van der Waals surface area contributed by atoms with Crippen molar-refractivity contribution >= 4 is 17.3 Å². The van der Waals surface area contributed by atoms with Gasteiger partial charge in [0.05, 0.1) is 0 Å². The van der Waals surface area contributed by atoms with Crippen molar-refractivity contribution in [3.05, 3.63) is 17.1 Å². The summed E-state index contributed by atoms with van der Waals surface area (Å²) >= 11 is 1.35. The molecule has 1 aliphatic carbocycles. The van der Waals surface area contributed by atoms with Gasteiger partial charge in [-0.05, 0) is 30.4 Å². The summed E-state index contributed by atoms with van der Waals surface area (Å²) < 4.78 is 4.01. The zero-order valence-corrected chi connectivity index (χ0v) is 6.93. The van der Waals surface area contributed by atoms with E-state index >= 15 is 0 Å². The quantitative estimate of drug-likeness (QED) is 0.631. The Morgan fingerprint density at radius 2 is 2.45 bits per heavy atom. The van der Waals surface area contributed by atoms with E-state index < -0.39 is 0 Å². The van der Waals surface area contributed by atoms with E-state index in [0.29, 0.717) is 5.69 Å². The van der Waals surface area contributed by atoms with Crippen molar-refractivity contribution in [3.63, 3.8) is 0 Å². The molecule has 0 aromatic carbocycles. The fraction of sp³-hybridized carbons (Fsp3) is 0.500. The Morgan fingerprint density at radius 3 is 2.91 bits per heavy atom. The molecule has 3 heteroatoms. The van der Waals surface area contributed by atoms with Crippen LogP contribution in [0.5, 0.6) is 0 Å². The maximum Gasteiger partial charge on any atom is 0.185 e. The number of rotatable bonds is 2. The van der Waals surface area contributed by atoms with Crippen LogP contribution in [0.15, 0.2) is 11.4 Å². The smallest absolute Gasteiger partial charge is 0.185 e. The topological polar surface area (TPSA) is 30.0 Å². The molecule has 0 N–H and O–H groups in total. The fourth-order valence-corrected chi connectivity index (χ4v) is 1.73. The van der Waals surface area contributed by atoms with Crippen LogP contribution in [-0.2, 0) is 0 Å². The number of nitrogens with zero attached hydrogens (tertiary/aromatic N) is 1. The zero-order chi connectivity index (χ0) is 7.68. The summed E-state index contributed by atoms with van der Waals surface area (Å²) in [5.41, 5.74) is 0.666. The summed E-state index contributed by atoms with van der Waals surface area (Å²) in [5.74, 6) is 0.537. The first-order valence-electron chi connectivity index (χ1n) is 3.82. The molecule has 0 unspecified atom stereocenters. The van der Waals surface area contributed by atoms with Gasteiger partial charge in [-0.1, -0.05) is 6.42 Å². The Balaban J connectivity index is 2.10. The summed E-state index contributed by atoms with van der Waals surface area (Å²) in [6.07, 6.45) is 3.34. The van der Waals surface area contributed by atoms with Crippen molar-refractivity contribution in [2.24, 2.45) is 5.92 Å². The first kappa shape index (κ1) is 6.98. The van der Waals surface area contributed by atoms with E-state index in [9.17, 15) is 4.79 Å². The second kappa shape index (κ2) is 2.74. The lowest BCUT2D eigenvalue weighted by molar-refractivity contribution is 0.0851. The van der Waals surface area contributed by atoms with Crippen LogP contribution in [0.25, 0.3) is 0 Å². The second-order valence-corrected chi connectivity index (χ2v) is 3.54. The highest BCUT2D eigenvalue weighted by Gasteiger charge is 2.26. The van der Waals surface area contributed by atoms with Gasteiger partial charge in [-0.2, -0.15) is 4.37 Å². The lowest BCUT2D eigenvalue weighted by Gasteiger charge is -2.22. The van der Waals surface area contributed by atoms with Crippen LogP contribution >= 0.6 is 11.5 Å². The molecule has 11 heavy (non-hydrogen) atoms. The van der Waals surface area contributed by atoms with Gasteiger partial charge in [0, 0.05) is 11.3 Å². The molecule has 1 aromatic rings. The van der Waals surface area contributed by atoms with E-state index in [-0.39, 0.29) is 11.7 Å². The van der Waals surface area contributed by atoms with E-state index in [2.05, 4.69) is 4.37 Å². The van der Waals surface area contributed by atoms with Crippen molar-refractivity contribution in [1.82, 2.24) is 4.37 Å². The van der Waals surface area contributed by atoms with Crippen LogP contribution in [0.3, 0.4) is 0 Å². The number of carbonyl (C=O) groups excluding carboxylic acids is 1. The molecule has 0 radical (unpaired) electrons. The maximum absolute atomic E-state index is 11.4. The van der Waals surface area contributed by atoms with Gasteiger partial charge in [0.1, 0.15) is 5.69 Å². The summed E-state index contributed by atoms with van der Waals surface area (Å²) in [6.45, 7) is 0. The molecule has 1 heterocycles. The average molecular weight is 167 g/mol. The minimum atomic E-state index is 0.248. The molecular weight excluding hydrogens is 158 g/mol. The SMILES string of the molecule is O=C(c1ccsn1)C1CCC1. The third-order valence-corrected chi connectivity index (χ3v) is 2.73. The Kier molecular flexibility index (Phi) is 1.74. The van der Waals surface area contributed by atoms with Gasteiger partial charge in [-0.25, -0.2) is 0 Å². The molecule has 2 rings (SSSR count). The molecule has 1 saturated carbocycles. The summed E-state index contributed by atoms with van der Waals surface area (Å²) in [5, 5.41) is 1.85. The van der Waals surface area contributed by atoms with Crippen molar-refractivity contribution in [2.75, 3.05) is 0 Å². The van der Waals surface area contributed by atoms with Gasteiger partial charge in [0.2, 0.25) is 0 Å². The van der Waals surface area contributed by atoms with Gasteiger partial charge in [0.15, 0.2) is 5.78 Å². The third-order valence-electron chi connectivity index (χ3n) is 2.17. The van der Waals surface area contributed by atoms with Crippen molar-refractivity contribution in [2.45, 2.75) is 19.3 Å². The minimum absolute atomic E-state index is 0.248. The number of ketones is 1. The molecule has 58 valence electrons. The van der Waals surface area contributed by atoms with Gasteiger partial charge >= 0.3 is 0 Å². The second-order valence-electron chi connectivity index (χ2n) is 2.88. The van der Waals surface area contributed by atoms with E-state index in [1.165, 1.54) is 18.0 Å². The molecule has 2 nitrogen and oxygen atoms in total. The van der Waals surface area contributed by atoms with Gasteiger partial charge < -0.3 is 0 Å². The van der Waals surface area contributed by atoms with E-state index in [4.69, 9.17) is 0 Å². The first-order valence-corrected chi connectivity index (χ1v) is 4.66. The van der Waals surface area contributed by atoms with Gasteiger partial charge in [0.25, 0.3) is 0 Å². The standard InChI is InChI=1S/C8H9NOS/c10-8(6-2-1-3-6)7-4-5-11-9-7/h4-6H,1-3H2. The number of hydrogen-bond acceptors (Lipinski definition) is 3.